The highest BCUT2D eigenvalue weighted by Crippen LogP contribution is 2.08. The minimum absolute atomic E-state index is 0.0559. The number of hydrogen-bond acceptors (Lipinski definition) is 2. The quantitative estimate of drug-likeness (QED) is 0.854. The van der Waals surface area contributed by atoms with Gasteiger partial charge < -0.3 is 11.1 Å². The van der Waals surface area contributed by atoms with Crippen LogP contribution in [0.2, 0.25) is 0 Å². The van der Waals surface area contributed by atoms with Crippen LogP contribution in [-0.4, -0.2) is 12.5 Å². The third-order valence-electron chi connectivity index (χ3n) is 1.67. The van der Waals surface area contributed by atoms with Crippen LogP contribution in [-0.2, 0) is 11.3 Å². The van der Waals surface area contributed by atoms with E-state index in [1.165, 1.54) is 6.42 Å². The third kappa shape index (κ3) is 6.63. The molecule has 0 saturated heterocycles. The number of benzene rings is 1. The average Bonchev–Trinajstić information content (AvgIpc) is 2.31. The van der Waals surface area contributed by atoms with Crippen LogP contribution < -0.4 is 11.1 Å². The molecule has 0 aliphatic heterocycles. The average molecular weight is 244 g/mol. The molecule has 0 saturated carbocycles. The second-order valence-electron chi connectivity index (χ2n) is 3.42. The van der Waals surface area contributed by atoms with Gasteiger partial charge in [-0.15, -0.1) is 0 Å². The summed E-state index contributed by atoms with van der Waals surface area (Å²) < 4.78 is 25.6. The van der Waals surface area contributed by atoms with E-state index in [1.807, 2.05) is 0 Å². The van der Waals surface area contributed by atoms with E-state index in [2.05, 4.69) is 19.2 Å². The van der Waals surface area contributed by atoms with Crippen LogP contribution in [0, 0.1) is 11.6 Å². The topological polar surface area (TPSA) is 55.1 Å². The first-order chi connectivity index (χ1) is 8.04. The second kappa shape index (κ2) is 8.64. The zero-order chi connectivity index (χ0) is 13.3. The molecule has 0 aromatic heterocycles. The van der Waals surface area contributed by atoms with E-state index in [-0.39, 0.29) is 18.7 Å². The molecule has 3 nitrogen and oxygen atoms in total. The summed E-state index contributed by atoms with van der Waals surface area (Å²) in [7, 11) is 0. The fraction of sp³-hybridized carbons (Fsp3) is 0.417. The molecule has 1 aromatic carbocycles. The Balaban J connectivity index is 0.000000770. The SMILES string of the molecule is CCC.NCC(=O)NCc1cc(F)ccc1F. The molecule has 0 radical (unpaired) electrons. The predicted octanol–water partition coefficient (Wildman–Crippen LogP) is 1.96. The smallest absolute Gasteiger partial charge is 0.234 e. The summed E-state index contributed by atoms with van der Waals surface area (Å²) >= 11 is 0. The van der Waals surface area contributed by atoms with Gasteiger partial charge in [-0.1, -0.05) is 20.3 Å². The van der Waals surface area contributed by atoms with Gasteiger partial charge in [0.05, 0.1) is 6.54 Å². The van der Waals surface area contributed by atoms with E-state index in [9.17, 15) is 13.6 Å². The Kier molecular flexibility index (Phi) is 7.88. The van der Waals surface area contributed by atoms with Gasteiger partial charge in [-0.3, -0.25) is 4.79 Å². The van der Waals surface area contributed by atoms with Crippen molar-refractivity contribution in [2.45, 2.75) is 26.8 Å². The maximum Gasteiger partial charge on any atom is 0.234 e. The summed E-state index contributed by atoms with van der Waals surface area (Å²) in [6.07, 6.45) is 1.25. The van der Waals surface area contributed by atoms with Crippen molar-refractivity contribution in [2.75, 3.05) is 6.54 Å². The van der Waals surface area contributed by atoms with Crippen molar-refractivity contribution in [1.29, 1.82) is 0 Å². The number of nitrogens with two attached hydrogens (primary N) is 1. The molecule has 17 heavy (non-hydrogen) atoms. The van der Waals surface area contributed by atoms with E-state index in [0.29, 0.717) is 0 Å². The van der Waals surface area contributed by atoms with Crippen LogP contribution in [0.4, 0.5) is 8.78 Å². The minimum Gasteiger partial charge on any atom is -0.351 e. The summed E-state index contributed by atoms with van der Waals surface area (Å²) in [5.74, 6) is -1.50. The van der Waals surface area contributed by atoms with Crippen molar-refractivity contribution >= 4 is 5.91 Å². The first-order valence-electron chi connectivity index (χ1n) is 5.45. The molecule has 0 unspecified atom stereocenters. The minimum atomic E-state index is -0.552. The molecule has 0 spiro atoms. The van der Waals surface area contributed by atoms with E-state index >= 15 is 0 Å². The number of hydrogen-bond donors (Lipinski definition) is 2. The molecule has 0 fully saturated rings. The van der Waals surface area contributed by atoms with Gasteiger partial charge in [0.1, 0.15) is 11.6 Å². The lowest BCUT2D eigenvalue weighted by Gasteiger charge is -2.04. The maximum absolute atomic E-state index is 13.0. The van der Waals surface area contributed by atoms with Gasteiger partial charge in [0.25, 0.3) is 0 Å². The Morgan fingerprint density at radius 2 is 1.94 bits per heavy atom. The van der Waals surface area contributed by atoms with Crippen LogP contribution >= 0.6 is 0 Å². The standard InChI is InChI=1S/C9H10F2N2O.C3H8/c10-7-1-2-8(11)6(3-7)5-13-9(14)4-12;1-3-2/h1-3H,4-5,12H2,(H,13,14);3H2,1-2H3. The zero-order valence-corrected chi connectivity index (χ0v) is 10.1. The van der Waals surface area contributed by atoms with Crippen molar-refractivity contribution in [3.8, 4) is 0 Å². The van der Waals surface area contributed by atoms with E-state index in [4.69, 9.17) is 5.73 Å². The van der Waals surface area contributed by atoms with Crippen LogP contribution in [0.15, 0.2) is 18.2 Å². The van der Waals surface area contributed by atoms with Gasteiger partial charge >= 0.3 is 0 Å². The van der Waals surface area contributed by atoms with Crippen molar-refractivity contribution < 1.29 is 13.6 Å². The largest absolute Gasteiger partial charge is 0.351 e. The predicted molar refractivity (Wildman–Crippen MR) is 63.2 cm³/mol. The van der Waals surface area contributed by atoms with Crippen molar-refractivity contribution in [2.24, 2.45) is 5.73 Å². The molecular weight excluding hydrogens is 226 g/mol. The first kappa shape index (κ1) is 15.5. The lowest BCUT2D eigenvalue weighted by atomic mass is 10.2. The molecule has 1 aromatic rings. The second-order valence-corrected chi connectivity index (χ2v) is 3.42. The number of carbonyl (C=O) groups is 1. The molecule has 0 heterocycles. The molecule has 0 atom stereocenters. The number of halogens is 2. The highest BCUT2D eigenvalue weighted by atomic mass is 19.1. The molecule has 1 amide bonds. The van der Waals surface area contributed by atoms with Crippen LogP contribution in [0.5, 0.6) is 0 Å². The van der Waals surface area contributed by atoms with Gasteiger partial charge in [-0.05, 0) is 18.2 Å². The number of nitrogens with one attached hydrogen (secondary N) is 1. The van der Waals surface area contributed by atoms with Crippen LogP contribution in [0.25, 0.3) is 0 Å². The Bertz CT molecular complexity index is 356. The molecule has 0 aliphatic carbocycles. The van der Waals surface area contributed by atoms with Crippen molar-refractivity contribution in [3.05, 3.63) is 35.4 Å². The Hall–Kier alpha value is -1.49. The Labute approximate surface area is 100 Å². The van der Waals surface area contributed by atoms with E-state index < -0.39 is 17.5 Å². The molecule has 3 N–H and O–H groups in total. The molecule has 5 heteroatoms. The summed E-state index contributed by atoms with van der Waals surface area (Å²) in [4.78, 5) is 10.7. The fourth-order valence-corrected chi connectivity index (χ4v) is 0.945. The Morgan fingerprint density at radius 1 is 1.35 bits per heavy atom. The molecule has 0 bridgehead atoms. The highest BCUT2D eigenvalue weighted by molar-refractivity contribution is 5.77. The van der Waals surface area contributed by atoms with Gasteiger partial charge in [-0.2, -0.15) is 0 Å². The third-order valence-corrected chi connectivity index (χ3v) is 1.67. The Morgan fingerprint density at radius 3 is 2.47 bits per heavy atom. The summed E-state index contributed by atoms with van der Waals surface area (Å²) in [6.45, 7) is 4.02. The summed E-state index contributed by atoms with van der Waals surface area (Å²) in [5.41, 5.74) is 5.13. The summed E-state index contributed by atoms with van der Waals surface area (Å²) in [6, 6.07) is 3.06. The number of rotatable bonds is 3. The highest BCUT2D eigenvalue weighted by Gasteiger charge is 2.04. The molecule has 1 rings (SSSR count). The normalized spacial score (nSPS) is 9.24. The summed E-state index contributed by atoms with van der Waals surface area (Å²) in [5, 5.41) is 2.35. The molecular formula is C12H18F2N2O. The number of carbonyl (C=O) groups excluding carboxylic acids is 1. The van der Waals surface area contributed by atoms with Gasteiger partial charge in [-0.25, -0.2) is 8.78 Å². The first-order valence-corrected chi connectivity index (χ1v) is 5.45. The lowest BCUT2D eigenvalue weighted by Crippen LogP contribution is -2.30. The molecule has 96 valence electrons. The van der Waals surface area contributed by atoms with Gasteiger partial charge in [0.15, 0.2) is 0 Å². The van der Waals surface area contributed by atoms with Crippen LogP contribution in [0.3, 0.4) is 0 Å². The van der Waals surface area contributed by atoms with Gasteiger partial charge in [0, 0.05) is 12.1 Å². The van der Waals surface area contributed by atoms with Gasteiger partial charge in [0.2, 0.25) is 5.91 Å². The van der Waals surface area contributed by atoms with Crippen molar-refractivity contribution in [3.63, 3.8) is 0 Å². The number of amides is 1. The van der Waals surface area contributed by atoms with E-state index in [1.54, 1.807) is 0 Å². The molecule has 0 aliphatic rings. The van der Waals surface area contributed by atoms with Crippen molar-refractivity contribution in [1.82, 2.24) is 5.32 Å². The van der Waals surface area contributed by atoms with Crippen LogP contribution in [0.1, 0.15) is 25.8 Å². The monoisotopic (exact) mass is 244 g/mol. The fourth-order valence-electron chi connectivity index (χ4n) is 0.945. The lowest BCUT2D eigenvalue weighted by molar-refractivity contribution is -0.119. The zero-order valence-electron chi connectivity index (χ0n) is 10.1. The van der Waals surface area contributed by atoms with E-state index in [0.717, 1.165) is 18.2 Å². The maximum atomic E-state index is 13.0.